The molecule has 1 aliphatic heterocycles. The van der Waals surface area contributed by atoms with Crippen molar-refractivity contribution >= 4 is 39.0 Å². The van der Waals surface area contributed by atoms with E-state index in [1.807, 2.05) is 0 Å². The Morgan fingerprint density at radius 2 is 1.74 bits per heavy atom. The highest BCUT2D eigenvalue weighted by molar-refractivity contribution is 7.92. The zero-order chi connectivity index (χ0) is 22.2. The number of amides is 1. The summed E-state index contributed by atoms with van der Waals surface area (Å²) in [5, 5.41) is 2.66. The second-order valence-electron chi connectivity index (χ2n) is 6.65. The molecule has 158 valence electrons. The highest BCUT2D eigenvalue weighted by atomic mass is 32.2. The number of hydrogen-bond acceptors (Lipinski definition) is 4. The number of nitrogens with one attached hydrogen (secondary N) is 2. The molecule has 31 heavy (non-hydrogen) atoms. The van der Waals surface area contributed by atoms with Gasteiger partial charge in [-0.1, -0.05) is 6.07 Å². The first-order valence-electron chi connectivity index (χ1n) is 8.92. The third-order valence-electron chi connectivity index (χ3n) is 4.53. The lowest BCUT2D eigenvalue weighted by molar-refractivity contribution is -0.137. The van der Waals surface area contributed by atoms with Crippen molar-refractivity contribution in [2.75, 3.05) is 10.0 Å². The van der Waals surface area contributed by atoms with Gasteiger partial charge in [-0.2, -0.15) is 13.2 Å². The first-order chi connectivity index (χ1) is 14.6. The number of carbonyl (C=O) groups is 1. The van der Waals surface area contributed by atoms with Gasteiger partial charge >= 0.3 is 6.18 Å². The zero-order valence-electron chi connectivity index (χ0n) is 15.6. The van der Waals surface area contributed by atoms with Crippen LogP contribution < -0.4 is 10.0 Å². The summed E-state index contributed by atoms with van der Waals surface area (Å²) >= 11 is 0. The van der Waals surface area contributed by atoms with Crippen LogP contribution in [0.5, 0.6) is 0 Å². The number of anilines is 2. The van der Waals surface area contributed by atoms with E-state index in [1.54, 1.807) is 30.5 Å². The van der Waals surface area contributed by atoms with Crippen molar-refractivity contribution in [1.29, 1.82) is 0 Å². The lowest BCUT2D eigenvalue weighted by atomic mass is 10.1. The van der Waals surface area contributed by atoms with Gasteiger partial charge in [-0.05, 0) is 60.7 Å². The van der Waals surface area contributed by atoms with Gasteiger partial charge in [0, 0.05) is 23.1 Å². The summed E-state index contributed by atoms with van der Waals surface area (Å²) in [5.41, 5.74) is 0.692. The van der Waals surface area contributed by atoms with Gasteiger partial charge < -0.3 is 5.32 Å². The molecule has 0 bridgehead atoms. The van der Waals surface area contributed by atoms with E-state index in [0.717, 1.165) is 24.3 Å². The van der Waals surface area contributed by atoms with Gasteiger partial charge in [0.2, 0.25) is 0 Å². The van der Waals surface area contributed by atoms with E-state index in [0.29, 0.717) is 16.9 Å². The molecule has 1 aromatic heterocycles. The fourth-order valence-electron chi connectivity index (χ4n) is 3.03. The summed E-state index contributed by atoms with van der Waals surface area (Å²) < 4.78 is 65.8. The molecular weight excluding hydrogens is 431 g/mol. The molecule has 0 saturated heterocycles. The Morgan fingerprint density at radius 1 is 1.00 bits per heavy atom. The number of fused-ring (bicyclic) bond motifs is 1. The monoisotopic (exact) mass is 445 g/mol. The third kappa shape index (κ3) is 4.29. The maximum atomic E-state index is 12.8. The Hall–Kier alpha value is -3.66. The van der Waals surface area contributed by atoms with Crippen molar-refractivity contribution in [3.8, 4) is 0 Å². The summed E-state index contributed by atoms with van der Waals surface area (Å²) in [7, 11) is -4.11. The first-order valence-corrected chi connectivity index (χ1v) is 10.4. The van der Waals surface area contributed by atoms with Gasteiger partial charge in [-0.3, -0.25) is 14.5 Å². The van der Waals surface area contributed by atoms with Gasteiger partial charge in [0.15, 0.2) is 0 Å². The smallest absolute Gasteiger partial charge is 0.321 e. The molecule has 0 unspecified atom stereocenters. The quantitative estimate of drug-likeness (QED) is 0.583. The predicted octanol–water partition coefficient (Wildman–Crippen LogP) is 4.39. The molecule has 2 heterocycles. The SMILES string of the molecule is O=C1Nc2ccc(S(=O)(=O)Nc3ccc(C(F)(F)F)cc3)cc2C1=Cc1ccccn1. The number of rotatable bonds is 4. The van der Waals surface area contributed by atoms with Crippen LogP contribution in [0.4, 0.5) is 24.5 Å². The van der Waals surface area contributed by atoms with Crippen LogP contribution in [0.25, 0.3) is 11.6 Å². The number of benzene rings is 2. The second kappa shape index (κ2) is 7.55. The van der Waals surface area contributed by atoms with Gasteiger partial charge in [0.25, 0.3) is 15.9 Å². The molecule has 3 aromatic rings. The number of carbonyl (C=O) groups excluding carboxylic acids is 1. The predicted molar refractivity (Wildman–Crippen MR) is 109 cm³/mol. The van der Waals surface area contributed by atoms with Crippen molar-refractivity contribution in [1.82, 2.24) is 4.98 Å². The van der Waals surface area contributed by atoms with E-state index in [4.69, 9.17) is 0 Å². The van der Waals surface area contributed by atoms with E-state index in [9.17, 15) is 26.4 Å². The highest BCUT2D eigenvalue weighted by Gasteiger charge is 2.30. The molecule has 0 radical (unpaired) electrons. The molecule has 2 N–H and O–H groups in total. The average Bonchev–Trinajstić information content (AvgIpc) is 3.03. The molecule has 2 aromatic carbocycles. The topological polar surface area (TPSA) is 88.2 Å². The zero-order valence-corrected chi connectivity index (χ0v) is 16.5. The standard InChI is InChI=1S/C21H14F3N3O3S/c22-21(23,24)13-4-6-14(7-5-13)27-31(29,30)16-8-9-19-17(12-16)18(20(28)26-19)11-15-3-1-2-10-25-15/h1-12,27H,(H,26,28). The minimum absolute atomic E-state index is 0.0213. The fourth-order valence-corrected chi connectivity index (χ4v) is 4.11. The van der Waals surface area contributed by atoms with E-state index >= 15 is 0 Å². The van der Waals surface area contributed by atoms with Crippen LogP contribution in [0.3, 0.4) is 0 Å². The highest BCUT2D eigenvalue weighted by Crippen LogP contribution is 2.35. The van der Waals surface area contributed by atoms with E-state index < -0.39 is 27.7 Å². The van der Waals surface area contributed by atoms with Crippen molar-refractivity contribution in [3.05, 3.63) is 83.7 Å². The Morgan fingerprint density at radius 3 is 2.39 bits per heavy atom. The molecule has 0 aliphatic carbocycles. The number of nitrogens with zero attached hydrogens (tertiary/aromatic N) is 1. The number of hydrogen-bond donors (Lipinski definition) is 2. The maximum Gasteiger partial charge on any atom is 0.416 e. The molecule has 0 atom stereocenters. The number of sulfonamides is 1. The van der Waals surface area contributed by atoms with Gasteiger partial charge in [-0.25, -0.2) is 8.42 Å². The molecule has 0 saturated carbocycles. The molecule has 1 amide bonds. The summed E-state index contributed by atoms with van der Waals surface area (Å²) in [6, 6.07) is 12.9. The molecule has 0 spiro atoms. The number of pyridine rings is 1. The summed E-state index contributed by atoms with van der Waals surface area (Å²) in [6.45, 7) is 0. The number of alkyl halides is 3. The lowest BCUT2D eigenvalue weighted by Crippen LogP contribution is -2.13. The molecule has 4 rings (SSSR count). The third-order valence-corrected chi connectivity index (χ3v) is 5.91. The summed E-state index contributed by atoms with van der Waals surface area (Å²) in [6.07, 6.45) is -1.41. The molecule has 6 nitrogen and oxygen atoms in total. The van der Waals surface area contributed by atoms with Gasteiger partial charge in [0.1, 0.15) is 0 Å². The normalized spacial score (nSPS) is 14.9. The molecule has 10 heteroatoms. The van der Waals surface area contributed by atoms with Crippen LogP contribution in [0.2, 0.25) is 0 Å². The summed E-state index contributed by atoms with van der Waals surface area (Å²) in [5.74, 6) is -0.397. The van der Waals surface area contributed by atoms with Crippen LogP contribution in [0.15, 0.2) is 71.8 Å². The Kier molecular flexibility index (Phi) is 5.02. The van der Waals surface area contributed by atoms with Crippen LogP contribution in [0, 0.1) is 0 Å². The average molecular weight is 445 g/mol. The minimum Gasteiger partial charge on any atom is -0.321 e. The van der Waals surface area contributed by atoms with Crippen LogP contribution in [0.1, 0.15) is 16.8 Å². The van der Waals surface area contributed by atoms with Crippen molar-refractivity contribution < 1.29 is 26.4 Å². The largest absolute Gasteiger partial charge is 0.416 e. The Balaban J connectivity index is 1.65. The molecule has 1 aliphatic rings. The summed E-state index contributed by atoms with van der Waals surface area (Å²) in [4.78, 5) is 16.3. The van der Waals surface area contributed by atoms with Crippen molar-refractivity contribution in [2.24, 2.45) is 0 Å². The Labute approximate surface area is 175 Å². The van der Waals surface area contributed by atoms with Crippen molar-refractivity contribution in [3.63, 3.8) is 0 Å². The van der Waals surface area contributed by atoms with Crippen molar-refractivity contribution in [2.45, 2.75) is 11.1 Å². The number of halogens is 3. The maximum absolute atomic E-state index is 12.8. The van der Waals surface area contributed by atoms with E-state index in [2.05, 4.69) is 15.0 Å². The minimum atomic E-state index is -4.52. The van der Waals surface area contributed by atoms with Gasteiger partial charge in [-0.15, -0.1) is 0 Å². The van der Waals surface area contributed by atoms with Crippen LogP contribution >= 0.6 is 0 Å². The first kappa shape index (κ1) is 20.6. The lowest BCUT2D eigenvalue weighted by Gasteiger charge is -2.11. The molecular formula is C21H14F3N3O3S. The van der Waals surface area contributed by atoms with Crippen LogP contribution in [-0.2, 0) is 21.0 Å². The fraction of sp³-hybridized carbons (Fsp3) is 0.0476. The Bertz CT molecular complexity index is 1290. The van der Waals surface area contributed by atoms with Gasteiger partial charge in [0.05, 0.1) is 21.7 Å². The van der Waals surface area contributed by atoms with Crippen LogP contribution in [-0.4, -0.2) is 19.3 Å². The van der Waals surface area contributed by atoms with E-state index in [-0.39, 0.29) is 16.2 Å². The second-order valence-corrected chi connectivity index (χ2v) is 8.34. The van der Waals surface area contributed by atoms with E-state index in [1.165, 1.54) is 18.2 Å². The molecule has 0 fully saturated rings. The number of aromatic nitrogens is 1.